The number of hydrogen-bond donors (Lipinski definition) is 2. The fourth-order valence-corrected chi connectivity index (χ4v) is 3.05. The molecule has 0 unspecified atom stereocenters. The number of hydrogen-bond acceptors (Lipinski definition) is 4. The van der Waals surface area contributed by atoms with E-state index < -0.39 is 0 Å². The van der Waals surface area contributed by atoms with Crippen molar-refractivity contribution in [3.05, 3.63) is 54.2 Å². The molecule has 0 spiro atoms. The van der Waals surface area contributed by atoms with Crippen molar-refractivity contribution >= 4 is 23.3 Å². The van der Waals surface area contributed by atoms with Gasteiger partial charge in [-0.1, -0.05) is 30.3 Å². The molecule has 0 radical (unpaired) electrons. The van der Waals surface area contributed by atoms with Crippen molar-refractivity contribution in [2.45, 2.75) is 25.7 Å². The Morgan fingerprint density at radius 1 is 1.00 bits per heavy atom. The minimum absolute atomic E-state index is 0.0804. The Morgan fingerprint density at radius 3 is 2.54 bits per heavy atom. The number of aromatic nitrogens is 1. The Bertz CT molecular complexity index is 742. The molecule has 2 aromatic rings. The van der Waals surface area contributed by atoms with E-state index in [1.807, 2.05) is 42.5 Å². The molecule has 1 saturated heterocycles. The van der Waals surface area contributed by atoms with Crippen LogP contribution in [-0.4, -0.2) is 36.4 Å². The number of pyridine rings is 1. The first-order valence-corrected chi connectivity index (χ1v) is 9.03. The van der Waals surface area contributed by atoms with Crippen LogP contribution in [0.3, 0.4) is 0 Å². The maximum Gasteiger partial charge on any atom is 0.226 e. The summed E-state index contributed by atoms with van der Waals surface area (Å²) in [5, 5.41) is 5.71. The van der Waals surface area contributed by atoms with Gasteiger partial charge in [-0.05, 0) is 30.5 Å². The van der Waals surface area contributed by atoms with E-state index in [0.29, 0.717) is 13.0 Å². The summed E-state index contributed by atoms with van der Waals surface area (Å²) in [6, 6.07) is 13.2. The van der Waals surface area contributed by atoms with Crippen LogP contribution in [0.5, 0.6) is 0 Å². The van der Waals surface area contributed by atoms with Crippen LogP contribution in [0.4, 0.5) is 11.5 Å². The summed E-state index contributed by atoms with van der Waals surface area (Å²) in [6.45, 7) is 2.25. The van der Waals surface area contributed by atoms with Gasteiger partial charge >= 0.3 is 0 Å². The zero-order valence-electron chi connectivity index (χ0n) is 14.8. The summed E-state index contributed by atoms with van der Waals surface area (Å²) >= 11 is 0. The molecule has 0 atom stereocenters. The summed E-state index contributed by atoms with van der Waals surface area (Å²) in [7, 11) is 0. The number of amides is 2. The smallest absolute Gasteiger partial charge is 0.226 e. The fraction of sp³-hybridized carbons (Fsp3) is 0.350. The molecule has 6 nitrogen and oxygen atoms in total. The Kier molecular flexibility index (Phi) is 6.19. The van der Waals surface area contributed by atoms with Gasteiger partial charge < -0.3 is 15.5 Å². The second kappa shape index (κ2) is 8.99. The molecule has 3 rings (SSSR count). The molecular formula is C20H24N4O2. The lowest BCUT2D eigenvalue weighted by Gasteiger charge is -2.20. The average molecular weight is 352 g/mol. The Morgan fingerprint density at radius 2 is 1.77 bits per heavy atom. The zero-order chi connectivity index (χ0) is 18.2. The molecule has 1 aromatic heterocycles. The van der Waals surface area contributed by atoms with Crippen LogP contribution < -0.4 is 15.5 Å². The fourth-order valence-electron chi connectivity index (χ4n) is 3.05. The molecule has 2 N–H and O–H groups in total. The van der Waals surface area contributed by atoms with Crippen LogP contribution in [0.2, 0.25) is 0 Å². The lowest BCUT2D eigenvalue weighted by atomic mass is 10.1. The van der Waals surface area contributed by atoms with Gasteiger partial charge in [0.25, 0.3) is 0 Å². The lowest BCUT2D eigenvalue weighted by Crippen LogP contribution is -2.29. The highest BCUT2D eigenvalue weighted by molar-refractivity contribution is 5.94. The van der Waals surface area contributed by atoms with Crippen molar-refractivity contribution in [3.8, 4) is 0 Å². The molecular weight excluding hydrogens is 328 g/mol. The predicted octanol–water partition coefficient (Wildman–Crippen LogP) is 2.37. The van der Waals surface area contributed by atoms with Crippen LogP contribution in [0.15, 0.2) is 48.7 Å². The Hall–Kier alpha value is -2.89. The van der Waals surface area contributed by atoms with Gasteiger partial charge in [0, 0.05) is 32.3 Å². The van der Waals surface area contributed by atoms with Crippen LogP contribution in [0.25, 0.3) is 0 Å². The average Bonchev–Trinajstić information content (AvgIpc) is 3.17. The van der Waals surface area contributed by atoms with E-state index in [1.165, 1.54) is 0 Å². The highest BCUT2D eigenvalue weighted by atomic mass is 16.2. The monoisotopic (exact) mass is 352 g/mol. The molecule has 26 heavy (non-hydrogen) atoms. The van der Waals surface area contributed by atoms with Crippen molar-refractivity contribution in [2.75, 3.05) is 29.9 Å². The van der Waals surface area contributed by atoms with Crippen LogP contribution >= 0.6 is 0 Å². The van der Waals surface area contributed by atoms with Gasteiger partial charge in [0.1, 0.15) is 0 Å². The maximum absolute atomic E-state index is 12.2. The van der Waals surface area contributed by atoms with Crippen LogP contribution in [-0.2, 0) is 16.0 Å². The summed E-state index contributed by atoms with van der Waals surface area (Å²) in [4.78, 5) is 30.7. The molecule has 0 aliphatic carbocycles. The topological polar surface area (TPSA) is 74.3 Å². The molecule has 136 valence electrons. The van der Waals surface area contributed by atoms with Crippen LogP contribution in [0, 0.1) is 0 Å². The number of anilines is 2. The number of benzene rings is 1. The van der Waals surface area contributed by atoms with E-state index in [9.17, 15) is 9.59 Å². The van der Waals surface area contributed by atoms with E-state index in [-0.39, 0.29) is 18.2 Å². The molecule has 1 aromatic carbocycles. The third-order valence-electron chi connectivity index (χ3n) is 4.35. The first kappa shape index (κ1) is 17.9. The largest absolute Gasteiger partial charge is 0.355 e. The second-order valence-electron chi connectivity index (χ2n) is 6.38. The zero-order valence-corrected chi connectivity index (χ0v) is 14.8. The van der Waals surface area contributed by atoms with Gasteiger partial charge in [0.15, 0.2) is 5.82 Å². The number of rotatable bonds is 7. The number of nitrogens with one attached hydrogen (secondary N) is 2. The third-order valence-corrected chi connectivity index (χ3v) is 4.35. The normalized spacial score (nSPS) is 13.5. The van der Waals surface area contributed by atoms with Crippen molar-refractivity contribution in [3.63, 3.8) is 0 Å². The van der Waals surface area contributed by atoms with E-state index in [1.54, 1.807) is 6.20 Å². The van der Waals surface area contributed by atoms with Crippen LogP contribution in [0.1, 0.15) is 24.8 Å². The van der Waals surface area contributed by atoms with Gasteiger partial charge in [-0.15, -0.1) is 0 Å². The van der Waals surface area contributed by atoms with Gasteiger partial charge in [-0.3, -0.25) is 9.59 Å². The number of carbonyl (C=O) groups is 2. The standard InChI is InChI=1S/C20H24N4O2/c25-18(10-12-21-19(26)15-16-7-2-1-3-8-16)23-17-9-6-11-22-20(17)24-13-4-5-14-24/h1-3,6-9,11H,4-5,10,12-15H2,(H,21,26)(H,23,25). The van der Waals surface area contributed by atoms with E-state index >= 15 is 0 Å². The van der Waals surface area contributed by atoms with Crippen molar-refractivity contribution < 1.29 is 9.59 Å². The first-order chi connectivity index (χ1) is 12.7. The van der Waals surface area contributed by atoms with Gasteiger partial charge in [0.05, 0.1) is 12.1 Å². The molecule has 1 aliphatic heterocycles. The highest BCUT2D eigenvalue weighted by Crippen LogP contribution is 2.26. The molecule has 0 saturated carbocycles. The molecule has 1 fully saturated rings. The van der Waals surface area contributed by atoms with E-state index in [4.69, 9.17) is 0 Å². The number of carbonyl (C=O) groups excluding carboxylic acids is 2. The second-order valence-corrected chi connectivity index (χ2v) is 6.38. The summed E-state index contributed by atoms with van der Waals surface area (Å²) in [6.07, 6.45) is 4.60. The van der Waals surface area contributed by atoms with Gasteiger partial charge in [-0.25, -0.2) is 4.98 Å². The number of nitrogens with zero attached hydrogens (tertiary/aromatic N) is 2. The first-order valence-electron chi connectivity index (χ1n) is 9.03. The lowest BCUT2D eigenvalue weighted by molar-refractivity contribution is -0.120. The molecule has 1 aliphatic rings. The molecule has 0 bridgehead atoms. The van der Waals surface area contributed by atoms with Crippen molar-refractivity contribution in [1.29, 1.82) is 0 Å². The Labute approximate surface area is 153 Å². The minimum atomic E-state index is -0.126. The van der Waals surface area contributed by atoms with Crippen molar-refractivity contribution in [1.82, 2.24) is 10.3 Å². The molecule has 2 heterocycles. The minimum Gasteiger partial charge on any atom is -0.355 e. The maximum atomic E-state index is 12.2. The van der Waals surface area contributed by atoms with Gasteiger partial charge in [0.2, 0.25) is 11.8 Å². The van der Waals surface area contributed by atoms with Crippen molar-refractivity contribution in [2.24, 2.45) is 0 Å². The summed E-state index contributed by atoms with van der Waals surface area (Å²) in [5.74, 6) is 0.619. The Balaban J connectivity index is 1.45. The predicted molar refractivity (Wildman–Crippen MR) is 102 cm³/mol. The SMILES string of the molecule is O=C(Cc1ccccc1)NCCC(=O)Nc1cccnc1N1CCCC1. The highest BCUT2D eigenvalue weighted by Gasteiger charge is 2.17. The summed E-state index contributed by atoms with van der Waals surface area (Å²) in [5.41, 5.74) is 1.69. The van der Waals surface area contributed by atoms with Gasteiger partial charge in [-0.2, -0.15) is 0 Å². The summed E-state index contributed by atoms with van der Waals surface area (Å²) < 4.78 is 0. The third kappa shape index (κ3) is 5.05. The quantitative estimate of drug-likeness (QED) is 0.802. The molecule has 2 amide bonds. The van der Waals surface area contributed by atoms with E-state index in [2.05, 4.69) is 20.5 Å². The van der Waals surface area contributed by atoms with E-state index in [0.717, 1.165) is 43.0 Å². The molecule has 6 heteroatoms.